The van der Waals surface area contributed by atoms with E-state index in [2.05, 4.69) is 19.2 Å². The molecule has 15 heavy (non-hydrogen) atoms. The molecule has 1 fully saturated rings. The molecule has 0 amide bonds. The Hall–Kier alpha value is -0.0800. The van der Waals surface area contributed by atoms with E-state index >= 15 is 0 Å². The highest BCUT2D eigenvalue weighted by molar-refractivity contribution is 4.80. The van der Waals surface area contributed by atoms with E-state index in [1.165, 1.54) is 32.2 Å². The highest BCUT2D eigenvalue weighted by Gasteiger charge is 2.29. The fraction of sp³-hybridized carbons (Fsp3) is 1.00. The summed E-state index contributed by atoms with van der Waals surface area (Å²) in [6, 6.07) is 0. The Morgan fingerprint density at radius 3 is 2.60 bits per heavy atom. The van der Waals surface area contributed by atoms with Gasteiger partial charge < -0.3 is 10.1 Å². The van der Waals surface area contributed by atoms with Crippen LogP contribution in [0.2, 0.25) is 0 Å². The zero-order valence-electron chi connectivity index (χ0n) is 10.6. The van der Waals surface area contributed by atoms with Crippen LogP contribution in [0.5, 0.6) is 0 Å². The second-order valence-corrected chi connectivity index (χ2v) is 4.87. The molecule has 1 N–H and O–H groups in total. The van der Waals surface area contributed by atoms with Crippen LogP contribution in [-0.4, -0.2) is 26.8 Å². The van der Waals surface area contributed by atoms with Gasteiger partial charge in [-0.2, -0.15) is 0 Å². The average molecular weight is 213 g/mol. The second kappa shape index (κ2) is 7.24. The van der Waals surface area contributed by atoms with Crippen LogP contribution in [0.1, 0.15) is 39.5 Å². The van der Waals surface area contributed by atoms with Gasteiger partial charge in [-0.1, -0.05) is 26.7 Å². The van der Waals surface area contributed by atoms with Crippen molar-refractivity contribution in [1.82, 2.24) is 5.32 Å². The summed E-state index contributed by atoms with van der Waals surface area (Å²) < 4.78 is 5.36. The van der Waals surface area contributed by atoms with Gasteiger partial charge in [-0.3, -0.25) is 0 Å². The molecule has 0 radical (unpaired) electrons. The largest absolute Gasteiger partial charge is 0.384 e. The number of rotatable bonds is 6. The van der Waals surface area contributed by atoms with E-state index in [4.69, 9.17) is 4.74 Å². The molecule has 0 aromatic heterocycles. The molecule has 0 aromatic carbocycles. The molecule has 0 aromatic rings. The van der Waals surface area contributed by atoms with Gasteiger partial charge in [0.05, 0.1) is 0 Å². The molecule has 0 aliphatic heterocycles. The zero-order valence-corrected chi connectivity index (χ0v) is 10.6. The zero-order chi connectivity index (χ0) is 11.1. The predicted octanol–water partition coefficient (Wildman–Crippen LogP) is 2.68. The highest BCUT2D eigenvalue weighted by Crippen LogP contribution is 2.35. The predicted molar refractivity (Wildman–Crippen MR) is 65.0 cm³/mol. The minimum Gasteiger partial charge on any atom is -0.384 e. The molecular weight excluding hydrogens is 186 g/mol. The number of hydrogen-bond donors (Lipinski definition) is 1. The van der Waals surface area contributed by atoms with E-state index in [9.17, 15) is 0 Å². The molecule has 2 heteroatoms. The third-order valence-corrected chi connectivity index (χ3v) is 3.86. The number of methoxy groups -OCH3 is 1. The summed E-state index contributed by atoms with van der Waals surface area (Å²) in [5.41, 5.74) is 0. The number of nitrogens with one attached hydrogen (secondary N) is 1. The van der Waals surface area contributed by atoms with Crippen molar-refractivity contribution in [1.29, 1.82) is 0 Å². The van der Waals surface area contributed by atoms with Crippen LogP contribution in [0.3, 0.4) is 0 Å². The second-order valence-electron chi connectivity index (χ2n) is 4.87. The van der Waals surface area contributed by atoms with Crippen molar-refractivity contribution in [3.63, 3.8) is 0 Å². The Bertz CT molecular complexity index is 161. The van der Waals surface area contributed by atoms with Crippen molar-refractivity contribution < 1.29 is 4.74 Å². The van der Waals surface area contributed by atoms with Crippen LogP contribution < -0.4 is 5.32 Å². The fourth-order valence-corrected chi connectivity index (χ4v) is 2.81. The van der Waals surface area contributed by atoms with E-state index in [-0.39, 0.29) is 0 Å². The first kappa shape index (κ1) is 13.0. The summed E-state index contributed by atoms with van der Waals surface area (Å²) in [5.74, 6) is 2.57. The first-order chi connectivity index (χ1) is 7.31. The molecule has 2 nitrogen and oxygen atoms in total. The first-order valence-corrected chi connectivity index (χ1v) is 6.51. The van der Waals surface area contributed by atoms with Gasteiger partial charge in [0.25, 0.3) is 0 Å². The van der Waals surface area contributed by atoms with Gasteiger partial charge in [0.2, 0.25) is 0 Å². The molecule has 0 saturated heterocycles. The maximum Gasteiger partial charge on any atom is 0.0493 e. The molecule has 0 spiro atoms. The SMILES string of the molecule is CCNCC1CCC(CC)CC1COC. The standard InChI is InChI=1S/C13H27NO/c1-4-11-6-7-12(9-14-5-2)13(8-11)10-15-3/h11-14H,4-10H2,1-3H3. The lowest BCUT2D eigenvalue weighted by molar-refractivity contribution is 0.0727. The summed E-state index contributed by atoms with van der Waals surface area (Å²) in [7, 11) is 1.83. The molecular formula is C13H27NO. The lowest BCUT2D eigenvalue weighted by atomic mass is 9.73. The maximum atomic E-state index is 5.36. The summed E-state index contributed by atoms with van der Waals surface area (Å²) in [4.78, 5) is 0. The average Bonchev–Trinajstić information content (AvgIpc) is 2.27. The van der Waals surface area contributed by atoms with E-state index in [1.54, 1.807) is 0 Å². The van der Waals surface area contributed by atoms with Gasteiger partial charge in [0, 0.05) is 13.7 Å². The fourth-order valence-electron chi connectivity index (χ4n) is 2.81. The van der Waals surface area contributed by atoms with Crippen LogP contribution >= 0.6 is 0 Å². The van der Waals surface area contributed by atoms with Crippen molar-refractivity contribution in [2.24, 2.45) is 17.8 Å². The first-order valence-electron chi connectivity index (χ1n) is 6.51. The van der Waals surface area contributed by atoms with Crippen LogP contribution in [0.15, 0.2) is 0 Å². The Balaban J connectivity index is 2.39. The van der Waals surface area contributed by atoms with Gasteiger partial charge in [-0.25, -0.2) is 0 Å². The molecule has 1 aliphatic carbocycles. The molecule has 3 atom stereocenters. The summed E-state index contributed by atoms with van der Waals surface area (Å²) in [5, 5.41) is 3.48. The minimum absolute atomic E-state index is 0.785. The van der Waals surface area contributed by atoms with Crippen molar-refractivity contribution in [3.8, 4) is 0 Å². The maximum absolute atomic E-state index is 5.36. The molecule has 0 bridgehead atoms. The summed E-state index contributed by atoms with van der Waals surface area (Å²) in [6.07, 6.45) is 5.53. The quantitative estimate of drug-likeness (QED) is 0.732. The van der Waals surface area contributed by atoms with Crippen LogP contribution in [0.4, 0.5) is 0 Å². The Kier molecular flexibility index (Phi) is 6.26. The minimum atomic E-state index is 0.785. The van der Waals surface area contributed by atoms with Gasteiger partial charge in [-0.05, 0) is 43.7 Å². The summed E-state index contributed by atoms with van der Waals surface area (Å²) in [6.45, 7) is 7.73. The molecule has 1 saturated carbocycles. The van der Waals surface area contributed by atoms with Crippen molar-refractivity contribution >= 4 is 0 Å². The highest BCUT2D eigenvalue weighted by atomic mass is 16.5. The molecule has 0 heterocycles. The van der Waals surface area contributed by atoms with Crippen molar-refractivity contribution in [2.75, 3.05) is 26.8 Å². The molecule has 1 aliphatic rings. The van der Waals surface area contributed by atoms with Gasteiger partial charge >= 0.3 is 0 Å². The van der Waals surface area contributed by atoms with Crippen LogP contribution in [-0.2, 0) is 4.74 Å². The lowest BCUT2D eigenvalue weighted by Gasteiger charge is -2.35. The Morgan fingerprint density at radius 2 is 2.00 bits per heavy atom. The van der Waals surface area contributed by atoms with Gasteiger partial charge in [0.1, 0.15) is 0 Å². The van der Waals surface area contributed by atoms with Crippen molar-refractivity contribution in [2.45, 2.75) is 39.5 Å². The van der Waals surface area contributed by atoms with Gasteiger partial charge in [0.15, 0.2) is 0 Å². The van der Waals surface area contributed by atoms with E-state index in [1.807, 2.05) is 7.11 Å². The number of ether oxygens (including phenoxy) is 1. The van der Waals surface area contributed by atoms with E-state index in [0.717, 1.165) is 30.9 Å². The summed E-state index contributed by atoms with van der Waals surface area (Å²) >= 11 is 0. The third kappa shape index (κ3) is 4.12. The molecule has 90 valence electrons. The normalized spacial score (nSPS) is 31.8. The topological polar surface area (TPSA) is 21.3 Å². The third-order valence-electron chi connectivity index (χ3n) is 3.86. The molecule has 1 rings (SSSR count). The smallest absolute Gasteiger partial charge is 0.0493 e. The number of hydrogen-bond acceptors (Lipinski definition) is 2. The van der Waals surface area contributed by atoms with Crippen LogP contribution in [0.25, 0.3) is 0 Å². The Morgan fingerprint density at radius 1 is 1.20 bits per heavy atom. The monoisotopic (exact) mass is 213 g/mol. The van der Waals surface area contributed by atoms with E-state index in [0.29, 0.717) is 0 Å². The van der Waals surface area contributed by atoms with Gasteiger partial charge in [-0.15, -0.1) is 0 Å². The van der Waals surface area contributed by atoms with Crippen molar-refractivity contribution in [3.05, 3.63) is 0 Å². The Labute approximate surface area is 94.8 Å². The molecule has 3 unspecified atom stereocenters. The van der Waals surface area contributed by atoms with Crippen LogP contribution in [0, 0.1) is 17.8 Å². The lowest BCUT2D eigenvalue weighted by Crippen LogP contribution is -2.35. The van der Waals surface area contributed by atoms with E-state index < -0.39 is 0 Å².